The fourth-order valence-electron chi connectivity index (χ4n) is 4.80. The summed E-state index contributed by atoms with van der Waals surface area (Å²) in [6.45, 7) is 4.39. The van der Waals surface area contributed by atoms with E-state index in [-0.39, 0.29) is 17.2 Å². The Labute approximate surface area is 167 Å². The van der Waals surface area contributed by atoms with Gasteiger partial charge in [0.15, 0.2) is 0 Å². The molecule has 0 radical (unpaired) electrons. The van der Waals surface area contributed by atoms with Crippen LogP contribution in [-0.4, -0.2) is 109 Å². The van der Waals surface area contributed by atoms with Crippen molar-refractivity contribution in [2.45, 2.75) is 19.3 Å². The van der Waals surface area contributed by atoms with Crippen molar-refractivity contribution >= 4 is 11.8 Å². The Hall–Kier alpha value is -1.93. The van der Waals surface area contributed by atoms with E-state index in [1.165, 1.54) is 0 Å². The summed E-state index contributed by atoms with van der Waals surface area (Å²) in [7, 11) is 8.00. The summed E-state index contributed by atoms with van der Waals surface area (Å²) in [5.41, 5.74) is 1.14. The van der Waals surface area contributed by atoms with Gasteiger partial charge in [-0.1, -0.05) is 0 Å². The Morgan fingerprint density at radius 3 is 2.39 bits per heavy atom. The van der Waals surface area contributed by atoms with Gasteiger partial charge in [0, 0.05) is 56.7 Å². The number of likely N-dealkylation sites (tertiary alicyclic amines) is 2. The van der Waals surface area contributed by atoms with E-state index in [1.54, 1.807) is 0 Å². The van der Waals surface area contributed by atoms with Crippen LogP contribution in [0.4, 0.5) is 0 Å². The number of likely N-dealkylation sites (N-methyl/N-ethyl adjacent to an activating group) is 1. The van der Waals surface area contributed by atoms with Crippen molar-refractivity contribution in [2.75, 3.05) is 67.5 Å². The van der Waals surface area contributed by atoms with Crippen LogP contribution in [0, 0.1) is 11.3 Å². The first kappa shape index (κ1) is 20.8. The molecule has 0 aromatic carbocycles. The topological polar surface area (TPSA) is 75.8 Å². The van der Waals surface area contributed by atoms with Gasteiger partial charge in [-0.05, 0) is 46.6 Å². The van der Waals surface area contributed by atoms with Gasteiger partial charge >= 0.3 is 0 Å². The molecule has 28 heavy (non-hydrogen) atoms. The van der Waals surface area contributed by atoms with Crippen molar-refractivity contribution in [2.24, 2.45) is 11.3 Å². The molecule has 3 heterocycles. The molecule has 2 atom stereocenters. The first-order valence-corrected chi connectivity index (χ1v) is 10.1. The third-order valence-electron chi connectivity index (χ3n) is 5.96. The van der Waals surface area contributed by atoms with Crippen LogP contribution in [-0.2, 0) is 16.0 Å². The molecule has 0 aliphatic carbocycles. The Bertz CT molecular complexity index is 674. The van der Waals surface area contributed by atoms with Crippen LogP contribution in [0.1, 0.15) is 18.4 Å². The lowest BCUT2D eigenvalue weighted by molar-refractivity contribution is -0.132. The van der Waals surface area contributed by atoms with Crippen LogP contribution < -0.4 is 0 Å². The highest BCUT2D eigenvalue weighted by atomic mass is 16.2. The summed E-state index contributed by atoms with van der Waals surface area (Å²) in [5.74, 6) is 0.788. The maximum Gasteiger partial charge on any atom is 0.236 e. The van der Waals surface area contributed by atoms with E-state index in [4.69, 9.17) is 0 Å². The number of H-pyrrole nitrogens is 1. The molecule has 8 nitrogen and oxygen atoms in total. The number of aryl methyl sites for hydroxylation is 1. The molecule has 2 aliphatic heterocycles. The maximum atomic E-state index is 12.8. The summed E-state index contributed by atoms with van der Waals surface area (Å²) < 4.78 is 0. The normalized spacial score (nSPS) is 24.4. The Balaban J connectivity index is 1.58. The number of hydrogen-bond donors (Lipinski definition) is 1. The molecule has 8 heteroatoms. The molecular formula is C20H34N6O2. The van der Waals surface area contributed by atoms with Gasteiger partial charge in [0.2, 0.25) is 11.8 Å². The van der Waals surface area contributed by atoms with Crippen LogP contribution in [0.3, 0.4) is 0 Å². The van der Waals surface area contributed by atoms with E-state index in [0.29, 0.717) is 18.9 Å². The molecule has 3 rings (SSSR count). The summed E-state index contributed by atoms with van der Waals surface area (Å²) in [6, 6.07) is 0. The van der Waals surface area contributed by atoms with Gasteiger partial charge in [0.05, 0.1) is 12.7 Å². The first-order chi connectivity index (χ1) is 13.3. The van der Waals surface area contributed by atoms with Gasteiger partial charge in [-0.2, -0.15) is 5.10 Å². The van der Waals surface area contributed by atoms with Crippen molar-refractivity contribution in [3.05, 3.63) is 18.0 Å². The molecule has 2 saturated heterocycles. The quantitative estimate of drug-likeness (QED) is 0.684. The van der Waals surface area contributed by atoms with Gasteiger partial charge in [-0.3, -0.25) is 14.7 Å². The van der Waals surface area contributed by atoms with Crippen LogP contribution >= 0.6 is 0 Å². The number of aromatic amines is 1. The zero-order chi connectivity index (χ0) is 20.3. The van der Waals surface area contributed by atoms with Crippen molar-refractivity contribution in [3.63, 3.8) is 0 Å². The van der Waals surface area contributed by atoms with Crippen LogP contribution in [0.25, 0.3) is 0 Å². The predicted octanol–water partition coefficient (Wildman–Crippen LogP) is 0.143. The zero-order valence-electron chi connectivity index (χ0n) is 17.6. The lowest BCUT2D eigenvalue weighted by atomic mass is 9.80. The summed E-state index contributed by atoms with van der Waals surface area (Å²) in [5, 5.41) is 6.76. The van der Waals surface area contributed by atoms with E-state index in [0.717, 1.165) is 51.1 Å². The lowest BCUT2D eigenvalue weighted by Gasteiger charge is -2.32. The summed E-state index contributed by atoms with van der Waals surface area (Å²) >= 11 is 0. The van der Waals surface area contributed by atoms with E-state index in [2.05, 4.69) is 29.2 Å². The minimum atomic E-state index is -0.00824. The minimum Gasteiger partial charge on any atom is -0.342 e. The number of carbonyl (C=O) groups excluding carboxylic acids is 2. The van der Waals surface area contributed by atoms with Crippen LogP contribution in [0.15, 0.2) is 12.4 Å². The van der Waals surface area contributed by atoms with Crippen molar-refractivity contribution in [3.8, 4) is 0 Å². The highest BCUT2D eigenvalue weighted by Gasteiger charge is 2.54. The van der Waals surface area contributed by atoms with E-state index >= 15 is 0 Å². The fraction of sp³-hybridized carbons (Fsp3) is 0.750. The lowest BCUT2D eigenvalue weighted by Crippen LogP contribution is -2.45. The number of aromatic nitrogens is 2. The molecule has 2 fully saturated rings. The van der Waals surface area contributed by atoms with Gasteiger partial charge < -0.3 is 19.6 Å². The highest BCUT2D eigenvalue weighted by molar-refractivity contribution is 5.79. The van der Waals surface area contributed by atoms with Crippen LogP contribution in [0.2, 0.25) is 0 Å². The zero-order valence-corrected chi connectivity index (χ0v) is 17.6. The Kier molecular flexibility index (Phi) is 6.40. The van der Waals surface area contributed by atoms with E-state index < -0.39 is 0 Å². The average molecular weight is 391 g/mol. The van der Waals surface area contributed by atoms with Gasteiger partial charge in [0.25, 0.3) is 0 Å². The smallest absolute Gasteiger partial charge is 0.236 e. The van der Waals surface area contributed by atoms with Gasteiger partial charge in [-0.25, -0.2) is 0 Å². The monoisotopic (exact) mass is 390 g/mol. The molecular weight excluding hydrogens is 356 g/mol. The molecule has 0 unspecified atom stereocenters. The molecule has 1 N–H and O–H groups in total. The van der Waals surface area contributed by atoms with Crippen molar-refractivity contribution in [1.29, 1.82) is 0 Å². The number of nitrogens with zero attached hydrogens (tertiary/aromatic N) is 5. The number of amides is 2. The molecule has 0 saturated carbocycles. The number of hydrogen-bond acceptors (Lipinski definition) is 5. The highest BCUT2D eigenvalue weighted by Crippen LogP contribution is 2.43. The second kappa shape index (κ2) is 8.61. The second-order valence-corrected chi connectivity index (χ2v) is 9.04. The van der Waals surface area contributed by atoms with E-state index in [9.17, 15) is 9.59 Å². The number of rotatable bonds is 8. The average Bonchev–Trinajstić information content (AvgIpc) is 3.27. The van der Waals surface area contributed by atoms with Crippen LogP contribution in [0.5, 0.6) is 0 Å². The number of fused-ring (bicyclic) bond motifs is 1. The number of nitrogens with one attached hydrogen (secondary N) is 1. The summed E-state index contributed by atoms with van der Waals surface area (Å²) in [6.07, 6.45) is 5.98. The number of carbonyl (C=O) groups is 2. The fourth-order valence-corrected chi connectivity index (χ4v) is 4.80. The largest absolute Gasteiger partial charge is 0.342 e. The molecule has 2 amide bonds. The summed E-state index contributed by atoms with van der Waals surface area (Å²) in [4.78, 5) is 33.5. The van der Waals surface area contributed by atoms with E-state index in [1.807, 2.05) is 41.2 Å². The second-order valence-electron chi connectivity index (χ2n) is 9.04. The standard InChI is InChI=1S/C20H34N6O2/c1-23(2)12-19(28)26-11-17-10-25(14-20(17,15-26)13-24(3)4)18(27)7-5-6-16-8-21-22-9-16/h8-9,17H,5-7,10-15H2,1-4H3,(H,21,22)/t17-,20+/m0/s1. The third-order valence-corrected chi connectivity index (χ3v) is 5.96. The molecule has 156 valence electrons. The molecule has 1 aromatic heterocycles. The predicted molar refractivity (Wildman–Crippen MR) is 108 cm³/mol. The molecule has 0 spiro atoms. The third kappa shape index (κ3) is 4.72. The SMILES string of the molecule is CN(C)CC(=O)N1C[C@@H]2CN(C(=O)CCCc3cn[nH]c3)C[C@]2(CN(C)C)C1. The van der Waals surface area contributed by atoms with Crippen molar-refractivity contribution in [1.82, 2.24) is 29.8 Å². The first-order valence-electron chi connectivity index (χ1n) is 10.1. The van der Waals surface area contributed by atoms with Crippen molar-refractivity contribution < 1.29 is 9.59 Å². The minimum absolute atomic E-state index is 0.00824. The van der Waals surface area contributed by atoms with Gasteiger partial charge in [-0.15, -0.1) is 0 Å². The Morgan fingerprint density at radius 1 is 1.14 bits per heavy atom. The molecule has 1 aromatic rings. The maximum absolute atomic E-state index is 12.8. The molecule has 0 bridgehead atoms. The Morgan fingerprint density at radius 2 is 1.82 bits per heavy atom. The molecule has 2 aliphatic rings. The van der Waals surface area contributed by atoms with Gasteiger partial charge in [0.1, 0.15) is 0 Å².